The van der Waals surface area contributed by atoms with Gasteiger partial charge in [0, 0.05) is 36.2 Å². The molecular formula is C35H42N8O9. The maximum atomic E-state index is 13.1. The lowest BCUT2D eigenvalue weighted by Gasteiger charge is -2.24. The van der Waals surface area contributed by atoms with E-state index in [1.165, 1.54) is 50.2 Å². The summed E-state index contributed by atoms with van der Waals surface area (Å²) in [6.45, 7) is 2.62. The van der Waals surface area contributed by atoms with Crippen molar-refractivity contribution in [3.05, 3.63) is 111 Å². The predicted molar refractivity (Wildman–Crippen MR) is 188 cm³/mol. The molecule has 0 aliphatic rings. The smallest absolute Gasteiger partial charge is 0.269 e. The number of amides is 6. The van der Waals surface area contributed by atoms with E-state index >= 15 is 0 Å². The molecule has 17 nitrogen and oxygen atoms in total. The Bertz CT molecular complexity index is 1750. The lowest BCUT2D eigenvalue weighted by atomic mass is 10.0. The van der Waals surface area contributed by atoms with Gasteiger partial charge in [0.05, 0.1) is 11.0 Å². The first-order chi connectivity index (χ1) is 24.7. The fourth-order valence-electron chi connectivity index (χ4n) is 4.91. The first kappa shape index (κ1) is 40.2. The van der Waals surface area contributed by atoms with Crippen molar-refractivity contribution in [1.82, 2.24) is 26.6 Å². The van der Waals surface area contributed by atoms with Gasteiger partial charge in [0.1, 0.15) is 24.2 Å². The number of aliphatic hydroxyl groups excluding tert-OH is 1. The number of nitrogens with one attached hydrogen (secondary N) is 5. The van der Waals surface area contributed by atoms with Gasteiger partial charge in [0.25, 0.3) is 17.5 Å². The van der Waals surface area contributed by atoms with E-state index < -0.39 is 70.6 Å². The van der Waals surface area contributed by atoms with Crippen LogP contribution in [0.25, 0.3) is 0 Å². The third-order valence-corrected chi connectivity index (χ3v) is 7.82. The lowest BCUT2D eigenvalue weighted by molar-refractivity contribution is -0.384. The van der Waals surface area contributed by atoms with Gasteiger partial charge >= 0.3 is 0 Å². The normalized spacial score (nSPS) is 13.6. The molecule has 0 heterocycles. The standard InChI is InChI=1S/C35H42N8O9/c1-20(39-34(49)27(15-16-36)40-32(47)24-8-4-3-5-9-24)31(46)42-29(21(2)44)35(50)38-19-23-7-6-10-25(17-23)33(48)41-28(30(37)45)18-22-11-13-26(14-12-22)43(51)52/h3-14,17,20-21,27-29,44H,15-16,18-19,36H2,1-2H3,(H2,37,45)(H,38,50)(H,39,49)(H,40,47)(H,41,48)(H,42,46)/t20-,21+,27-,28-,29-/m0/s1. The van der Waals surface area contributed by atoms with Crippen LogP contribution in [-0.2, 0) is 32.1 Å². The number of carbonyl (C=O) groups is 6. The van der Waals surface area contributed by atoms with Crippen LogP contribution in [0.1, 0.15) is 52.1 Å². The average Bonchev–Trinajstić information content (AvgIpc) is 3.12. The van der Waals surface area contributed by atoms with Crippen LogP contribution in [-0.4, -0.2) is 82.3 Å². The number of benzene rings is 3. The summed E-state index contributed by atoms with van der Waals surface area (Å²) >= 11 is 0. The highest BCUT2D eigenvalue weighted by Gasteiger charge is 2.30. The summed E-state index contributed by atoms with van der Waals surface area (Å²) < 4.78 is 0. The molecule has 0 fully saturated rings. The minimum atomic E-state index is -1.42. The zero-order chi connectivity index (χ0) is 38.4. The molecule has 0 saturated heterocycles. The van der Waals surface area contributed by atoms with Gasteiger partial charge in [-0.15, -0.1) is 0 Å². The molecule has 17 heteroatoms. The quantitative estimate of drug-likeness (QED) is 0.0620. The zero-order valence-electron chi connectivity index (χ0n) is 28.5. The number of nitro groups is 1. The van der Waals surface area contributed by atoms with Crippen LogP contribution < -0.4 is 38.1 Å². The van der Waals surface area contributed by atoms with Gasteiger partial charge < -0.3 is 43.2 Å². The molecule has 10 N–H and O–H groups in total. The summed E-state index contributed by atoms with van der Waals surface area (Å²) in [5.74, 6) is -4.18. The Balaban J connectivity index is 1.57. The Hall–Kier alpha value is -6.20. The van der Waals surface area contributed by atoms with Crippen molar-refractivity contribution in [3.63, 3.8) is 0 Å². The molecule has 3 aromatic carbocycles. The maximum Gasteiger partial charge on any atom is 0.269 e. The molecule has 6 amide bonds. The van der Waals surface area contributed by atoms with Crippen LogP contribution >= 0.6 is 0 Å². The molecule has 0 unspecified atom stereocenters. The van der Waals surface area contributed by atoms with Crippen molar-refractivity contribution in [2.75, 3.05) is 6.54 Å². The van der Waals surface area contributed by atoms with Crippen LogP contribution in [0.4, 0.5) is 5.69 Å². The van der Waals surface area contributed by atoms with Crippen molar-refractivity contribution in [2.45, 2.75) is 63.5 Å². The SMILES string of the molecule is C[C@H](NC(=O)[C@H](CCN)NC(=O)c1ccccc1)C(=O)N[C@H](C(=O)NCc1cccc(C(=O)N[C@@H](Cc2ccc([N+](=O)[O-])cc2)C(N)=O)c1)[C@@H](C)O. The highest BCUT2D eigenvalue weighted by molar-refractivity contribution is 5.99. The third-order valence-electron chi connectivity index (χ3n) is 7.82. The van der Waals surface area contributed by atoms with E-state index in [-0.39, 0.29) is 37.2 Å². The van der Waals surface area contributed by atoms with Crippen molar-refractivity contribution in [3.8, 4) is 0 Å². The summed E-state index contributed by atoms with van der Waals surface area (Å²) in [6, 6.07) is 15.0. The molecule has 0 saturated carbocycles. The van der Waals surface area contributed by atoms with Crippen molar-refractivity contribution in [2.24, 2.45) is 11.5 Å². The number of primary amides is 1. The Morgan fingerprint density at radius 1 is 0.750 bits per heavy atom. The Labute approximate surface area is 299 Å². The van der Waals surface area contributed by atoms with Crippen molar-refractivity contribution in [1.29, 1.82) is 0 Å². The maximum absolute atomic E-state index is 13.1. The molecule has 3 aromatic rings. The molecule has 5 atom stereocenters. The first-order valence-electron chi connectivity index (χ1n) is 16.2. The van der Waals surface area contributed by atoms with E-state index in [9.17, 15) is 44.0 Å². The highest BCUT2D eigenvalue weighted by atomic mass is 16.6. The molecule has 0 spiro atoms. The zero-order valence-corrected chi connectivity index (χ0v) is 28.5. The molecule has 0 bridgehead atoms. The molecule has 0 aliphatic carbocycles. The van der Waals surface area contributed by atoms with Crippen LogP contribution in [0.5, 0.6) is 0 Å². The molecule has 52 heavy (non-hydrogen) atoms. The van der Waals surface area contributed by atoms with E-state index in [2.05, 4.69) is 26.6 Å². The second-order valence-electron chi connectivity index (χ2n) is 11.9. The average molecular weight is 719 g/mol. The van der Waals surface area contributed by atoms with Crippen LogP contribution in [0, 0.1) is 10.1 Å². The topological polar surface area (TPSA) is 278 Å². The Morgan fingerprint density at radius 2 is 1.37 bits per heavy atom. The van der Waals surface area contributed by atoms with Crippen molar-refractivity contribution < 1.29 is 38.8 Å². The number of rotatable bonds is 18. The van der Waals surface area contributed by atoms with Crippen LogP contribution in [0.15, 0.2) is 78.9 Å². The van der Waals surface area contributed by atoms with Crippen LogP contribution in [0.3, 0.4) is 0 Å². The number of nitrogens with two attached hydrogens (primary N) is 2. The van der Waals surface area contributed by atoms with Gasteiger partial charge in [-0.25, -0.2) is 0 Å². The second-order valence-corrected chi connectivity index (χ2v) is 11.9. The van der Waals surface area contributed by atoms with Crippen LogP contribution in [0.2, 0.25) is 0 Å². The Morgan fingerprint density at radius 3 is 1.96 bits per heavy atom. The number of nitrogens with zero attached hydrogens (tertiary/aromatic N) is 1. The van der Waals surface area contributed by atoms with Gasteiger partial charge in [-0.3, -0.25) is 38.9 Å². The summed E-state index contributed by atoms with van der Waals surface area (Å²) in [6.07, 6.45) is -1.27. The molecule has 0 aliphatic heterocycles. The first-order valence-corrected chi connectivity index (χ1v) is 16.2. The van der Waals surface area contributed by atoms with Crippen molar-refractivity contribution >= 4 is 41.1 Å². The van der Waals surface area contributed by atoms with E-state index in [1.54, 1.807) is 42.5 Å². The third kappa shape index (κ3) is 12.0. The lowest BCUT2D eigenvalue weighted by Crippen LogP contribution is -2.58. The monoisotopic (exact) mass is 718 g/mol. The minimum absolute atomic E-state index is 0.0112. The number of carbonyl (C=O) groups excluding carboxylic acids is 6. The highest BCUT2D eigenvalue weighted by Crippen LogP contribution is 2.14. The van der Waals surface area contributed by atoms with Gasteiger partial charge in [0.2, 0.25) is 23.6 Å². The summed E-state index contributed by atoms with van der Waals surface area (Å²) in [7, 11) is 0. The van der Waals surface area contributed by atoms with E-state index in [4.69, 9.17) is 11.5 Å². The summed E-state index contributed by atoms with van der Waals surface area (Å²) in [4.78, 5) is 87.0. The van der Waals surface area contributed by atoms with Gasteiger partial charge in [-0.2, -0.15) is 0 Å². The largest absolute Gasteiger partial charge is 0.391 e. The van der Waals surface area contributed by atoms with E-state index in [0.29, 0.717) is 16.7 Å². The fourth-order valence-corrected chi connectivity index (χ4v) is 4.91. The summed E-state index contributed by atoms with van der Waals surface area (Å²) in [5.41, 5.74) is 12.5. The van der Waals surface area contributed by atoms with E-state index in [0.717, 1.165) is 0 Å². The van der Waals surface area contributed by atoms with Gasteiger partial charge in [0.15, 0.2) is 0 Å². The number of hydrogen-bond donors (Lipinski definition) is 8. The minimum Gasteiger partial charge on any atom is -0.391 e. The molecular weight excluding hydrogens is 676 g/mol. The number of non-ortho nitro benzene ring substituents is 1. The fraction of sp³-hybridized carbons (Fsp3) is 0.314. The van der Waals surface area contributed by atoms with Gasteiger partial charge in [-0.1, -0.05) is 42.5 Å². The number of aliphatic hydroxyl groups is 1. The van der Waals surface area contributed by atoms with Gasteiger partial charge in [-0.05, 0) is 62.2 Å². The predicted octanol–water partition coefficient (Wildman–Crippen LogP) is -0.445. The summed E-state index contributed by atoms with van der Waals surface area (Å²) in [5, 5.41) is 33.9. The molecule has 3 rings (SSSR count). The molecule has 276 valence electrons. The molecule has 0 radical (unpaired) electrons. The Kier molecular flexibility index (Phi) is 14.9. The number of nitro benzene ring substituents is 1. The molecule has 0 aromatic heterocycles. The second kappa shape index (κ2) is 19.3. The number of hydrogen-bond acceptors (Lipinski definition) is 10. The van der Waals surface area contributed by atoms with E-state index in [1.807, 2.05) is 0 Å².